The topological polar surface area (TPSA) is 544 Å². The van der Waals surface area contributed by atoms with Gasteiger partial charge in [0.15, 0.2) is 0 Å². The van der Waals surface area contributed by atoms with Crippen LogP contribution in [0.25, 0.3) is 0 Å². The molecule has 0 spiro atoms. The zero-order valence-corrected chi connectivity index (χ0v) is 26.1. The standard InChI is InChI=1S/C12H8BN20O24/c34-22(35)5-1-14(18(30(50)51)9(5)26(42)43)13(15-2-6(23(36)37)10(27(44)45)19(15)31(52)53,16-3-7(24(38)39)11(28(46)47)20(16)32(54)55)17-4-8(25(40)41)12(29(48)49)21(17)33(56)57/h1-4H2/q-1. The van der Waals surface area contributed by atoms with Crippen LogP contribution >= 0.6 is 0 Å². The fourth-order valence-corrected chi connectivity index (χ4v) is 6.07. The van der Waals surface area contributed by atoms with Crippen molar-refractivity contribution in [1.82, 2.24) is 40.2 Å². The molecule has 45 heteroatoms. The van der Waals surface area contributed by atoms with Crippen molar-refractivity contribution < 1.29 is 59.5 Å². The molecular weight excluding hydrogens is 819 g/mol. The molecule has 304 valence electrons. The van der Waals surface area contributed by atoms with Gasteiger partial charge in [-0.15, -0.1) is 0 Å². The summed E-state index contributed by atoms with van der Waals surface area (Å²) in [6, 6.07) is 0. The maximum Gasteiger partial charge on any atom is 0.477 e. The van der Waals surface area contributed by atoms with E-state index >= 15 is 0 Å². The summed E-state index contributed by atoms with van der Waals surface area (Å²) in [4.78, 5) is 129. The molecule has 0 aliphatic carbocycles. The summed E-state index contributed by atoms with van der Waals surface area (Å²) in [5, 5.41) is 134. The molecule has 0 amide bonds. The van der Waals surface area contributed by atoms with Crippen LogP contribution in [0.2, 0.25) is 0 Å². The fourth-order valence-electron chi connectivity index (χ4n) is 6.07. The Kier molecular flexibility index (Phi) is 9.76. The van der Waals surface area contributed by atoms with Crippen molar-refractivity contribution in [3.8, 4) is 0 Å². The van der Waals surface area contributed by atoms with E-state index in [-0.39, 0.29) is 0 Å². The van der Waals surface area contributed by atoms with Crippen LogP contribution in [0.15, 0.2) is 46.1 Å². The first-order valence-electron chi connectivity index (χ1n) is 13.4. The normalized spacial score (nSPS) is 18.5. The van der Waals surface area contributed by atoms with Gasteiger partial charge in [0.25, 0.3) is 20.1 Å². The number of hydrogen-bond donors (Lipinski definition) is 0. The summed E-state index contributed by atoms with van der Waals surface area (Å²) in [6.45, 7) is -15.6. The molecule has 0 saturated carbocycles. The van der Waals surface area contributed by atoms with Gasteiger partial charge in [-0.25, -0.2) is 40.5 Å². The second-order valence-electron chi connectivity index (χ2n) is 10.3. The second kappa shape index (κ2) is 13.7. The monoisotopic (exact) mass is 827 g/mol. The molecule has 0 radical (unpaired) electrons. The molecule has 0 aromatic carbocycles. The van der Waals surface area contributed by atoms with Crippen LogP contribution in [0, 0.1) is 121 Å². The van der Waals surface area contributed by atoms with Crippen molar-refractivity contribution in [2.75, 3.05) is 26.2 Å². The van der Waals surface area contributed by atoms with Gasteiger partial charge in [0, 0.05) is 0 Å². The molecule has 4 aliphatic rings. The van der Waals surface area contributed by atoms with E-state index in [1.54, 1.807) is 0 Å². The Balaban J connectivity index is 2.41. The molecule has 44 nitrogen and oxygen atoms in total. The molecule has 0 aromatic heterocycles. The molecule has 4 aliphatic heterocycles. The summed E-state index contributed by atoms with van der Waals surface area (Å²) in [5.41, 5.74) is -8.56. The number of nitro groups is 12. The second-order valence-corrected chi connectivity index (χ2v) is 10.3. The lowest BCUT2D eigenvalue weighted by Crippen LogP contribution is -2.89. The first-order valence-corrected chi connectivity index (χ1v) is 13.4. The Hall–Kier alpha value is -9.14. The molecule has 0 saturated heterocycles. The first-order chi connectivity index (χ1) is 26.3. The molecule has 0 bridgehead atoms. The van der Waals surface area contributed by atoms with E-state index in [2.05, 4.69) is 0 Å². The maximum atomic E-state index is 12.6. The molecule has 0 atom stereocenters. The smallest absolute Gasteiger partial charge is 0.358 e. The lowest BCUT2D eigenvalue weighted by Gasteiger charge is -2.51. The highest BCUT2D eigenvalue weighted by atomic mass is 16.7. The van der Waals surface area contributed by atoms with Gasteiger partial charge in [0.2, 0.25) is 0 Å². The maximum absolute atomic E-state index is 12.6. The van der Waals surface area contributed by atoms with Gasteiger partial charge in [0.05, 0.1) is 19.7 Å². The van der Waals surface area contributed by atoms with Crippen LogP contribution in [-0.2, 0) is 0 Å². The van der Waals surface area contributed by atoms with Crippen molar-refractivity contribution in [2.24, 2.45) is 0 Å². The summed E-state index contributed by atoms with van der Waals surface area (Å²) < 4.78 is 0. The molecular formula is C12H8BN20O24-. The molecule has 57 heavy (non-hydrogen) atoms. The molecule has 4 heterocycles. The average molecular weight is 827 g/mol. The van der Waals surface area contributed by atoms with Crippen LogP contribution in [-0.4, -0.2) is 133 Å². The SMILES string of the molecule is O=[N+]([O-])C1=C([N+](=O)[O-])N([N+](=O)[O-])N([B-](N2CC([N+](=O)[O-])=C([N+](=O)[O-])N2[N+](=O)[O-])(N2CC([N+](=O)[O-])=C([N+](=O)[O-])N2[N+](=O)[O-])N2CC([N+](=O)[O-])=C([N+](=O)[O-])N2[N+](=O)[O-])C1. The Morgan fingerprint density at radius 1 is 0.298 bits per heavy atom. The third-order valence-corrected chi connectivity index (χ3v) is 7.80. The predicted molar refractivity (Wildman–Crippen MR) is 152 cm³/mol. The third-order valence-electron chi connectivity index (χ3n) is 7.80. The van der Waals surface area contributed by atoms with Crippen molar-refractivity contribution in [1.29, 1.82) is 0 Å². The number of rotatable bonds is 16. The van der Waals surface area contributed by atoms with E-state index in [4.69, 9.17) is 0 Å². The lowest BCUT2D eigenvalue weighted by molar-refractivity contribution is -0.733. The average Bonchev–Trinajstić information content (AvgIpc) is 3.86. The van der Waals surface area contributed by atoms with Gasteiger partial charge in [-0.2, -0.15) is 19.7 Å². The Morgan fingerprint density at radius 3 is 0.561 bits per heavy atom. The van der Waals surface area contributed by atoms with E-state index in [1.807, 2.05) is 0 Å². The highest BCUT2D eigenvalue weighted by Gasteiger charge is 2.82. The van der Waals surface area contributed by atoms with Gasteiger partial charge >= 0.3 is 52.8 Å². The van der Waals surface area contributed by atoms with Crippen molar-refractivity contribution in [2.45, 2.75) is 0 Å². The summed E-state index contributed by atoms with van der Waals surface area (Å²) >= 11 is 0. The number of nitrogens with zero attached hydrogens (tertiary/aromatic N) is 20. The van der Waals surface area contributed by atoms with Crippen LogP contribution in [0.1, 0.15) is 0 Å². The van der Waals surface area contributed by atoms with E-state index in [0.717, 1.165) is 0 Å². The largest absolute Gasteiger partial charge is 0.477 e. The van der Waals surface area contributed by atoms with Gasteiger partial charge in [-0.05, 0) is 19.7 Å². The van der Waals surface area contributed by atoms with Crippen molar-refractivity contribution in [3.05, 3.63) is 167 Å². The quantitative estimate of drug-likeness (QED) is 0.0800. The highest BCUT2D eigenvalue weighted by molar-refractivity contribution is 6.68. The fraction of sp³-hybridized carbons (Fsp3) is 0.333. The van der Waals surface area contributed by atoms with Gasteiger partial charge in [0.1, 0.15) is 46.7 Å². The van der Waals surface area contributed by atoms with Crippen molar-refractivity contribution >= 4 is 6.69 Å². The number of hydrogen-bond acceptors (Lipinski definition) is 28. The van der Waals surface area contributed by atoms with Crippen LogP contribution < -0.4 is 0 Å². The summed E-state index contributed by atoms with van der Waals surface area (Å²) in [7, 11) is 0. The molecule has 0 aromatic rings. The van der Waals surface area contributed by atoms with E-state index < -0.39 is 179 Å². The van der Waals surface area contributed by atoms with E-state index in [0.29, 0.717) is 0 Å². The minimum atomic E-state index is -6.16. The third kappa shape index (κ3) is 5.86. The molecule has 0 N–H and O–H groups in total. The molecule has 0 unspecified atom stereocenters. The van der Waals surface area contributed by atoms with Gasteiger partial charge < -0.3 is 40.5 Å². The summed E-state index contributed by atoms with van der Waals surface area (Å²) in [5.74, 6) is -9.86. The Labute approximate surface area is 300 Å². The molecule has 0 fully saturated rings. The minimum Gasteiger partial charge on any atom is -0.358 e. The zero-order chi connectivity index (χ0) is 43.5. The Bertz CT molecular complexity index is 1880. The lowest BCUT2D eigenvalue weighted by atomic mass is 9.68. The first kappa shape index (κ1) is 40.6. The van der Waals surface area contributed by atoms with E-state index in [9.17, 15) is 121 Å². The zero-order valence-electron chi connectivity index (χ0n) is 26.1. The van der Waals surface area contributed by atoms with Gasteiger partial charge in [-0.1, -0.05) is 0 Å². The predicted octanol–water partition coefficient (Wildman–Crippen LogP) is -4.79. The minimum absolute atomic E-state index is 0.860. The van der Waals surface area contributed by atoms with Crippen molar-refractivity contribution in [3.63, 3.8) is 0 Å². The van der Waals surface area contributed by atoms with E-state index in [1.165, 1.54) is 0 Å². The highest BCUT2D eigenvalue weighted by Crippen LogP contribution is 2.45. The van der Waals surface area contributed by atoms with Gasteiger partial charge in [-0.3, -0.25) is 40.5 Å². The van der Waals surface area contributed by atoms with Crippen LogP contribution in [0.4, 0.5) is 0 Å². The summed E-state index contributed by atoms with van der Waals surface area (Å²) in [6.07, 6.45) is 0. The van der Waals surface area contributed by atoms with Crippen LogP contribution in [0.5, 0.6) is 0 Å². The molecule has 4 rings (SSSR count). The Morgan fingerprint density at radius 2 is 0.456 bits per heavy atom. The van der Waals surface area contributed by atoms with Crippen LogP contribution in [0.3, 0.4) is 0 Å². The number of hydrazine groups is 8.